The predicted molar refractivity (Wildman–Crippen MR) is 87.9 cm³/mol. The van der Waals surface area contributed by atoms with Crippen LogP contribution in [0.4, 0.5) is 0 Å². The maximum Gasteiger partial charge on any atom is 0.225 e. The quantitative estimate of drug-likeness (QED) is 0.876. The van der Waals surface area contributed by atoms with Crippen LogP contribution in [0.1, 0.15) is 23.6 Å². The fourth-order valence-corrected chi connectivity index (χ4v) is 2.86. The first-order valence-corrected chi connectivity index (χ1v) is 8.12. The lowest BCUT2D eigenvalue weighted by Gasteiger charge is -2.16. The average molecular weight is 327 g/mol. The van der Waals surface area contributed by atoms with Gasteiger partial charge < -0.3 is 14.6 Å². The van der Waals surface area contributed by atoms with Gasteiger partial charge in [-0.1, -0.05) is 6.07 Å². The predicted octanol–water partition coefficient (Wildman–Crippen LogP) is 1.69. The van der Waals surface area contributed by atoms with E-state index in [-0.39, 0.29) is 24.2 Å². The Balaban J connectivity index is 1.47. The molecule has 1 N–H and O–H groups in total. The van der Waals surface area contributed by atoms with Gasteiger partial charge in [-0.3, -0.25) is 14.6 Å². The highest BCUT2D eigenvalue weighted by molar-refractivity contribution is 5.89. The first kappa shape index (κ1) is 16.2. The maximum atomic E-state index is 12.2. The minimum Gasteiger partial charge on any atom is -0.466 e. The zero-order valence-corrected chi connectivity index (χ0v) is 13.7. The molecular weight excluding hydrogens is 306 g/mol. The third-order valence-corrected chi connectivity index (χ3v) is 4.13. The highest BCUT2D eigenvalue weighted by Gasteiger charge is 2.34. The summed E-state index contributed by atoms with van der Waals surface area (Å²) in [6, 6.07) is 9.43. The summed E-state index contributed by atoms with van der Waals surface area (Å²) in [6.07, 6.45) is 2.62. The van der Waals surface area contributed by atoms with Gasteiger partial charge in [-0.25, -0.2) is 0 Å². The molecule has 0 unspecified atom stereocenters. The number of hydrogen-bond acceptors (Lipinski definition) is 4. The van der Waals surface area contributed by atoms with Gasteiger partial charge in [0.1, 0.15) is 11.5 Å². The van der Waals surface area contributed by atoms with Crippen LogP contribution in [0.2, 0.25) is 0 Å². The Kier molecular flexibility index (Phi) is 4.93. The van der Waals surface area contributed by atoms with E-state index in [2.05, 4.69) is 10.3 Å². The summed E-state index contributed by atoms with van der Waals surface area (Å²) in [7, 11) is 0. The van der Waals surface area contributed by atoms with E-state index in [0.29, 0.717) is 26.1 Å². The minimum absolute atomic E-state index is 0.00228. The van der Waals surface area contributed by atoms with Gasteiger partial charge in [0.05, 0.1) is 18.2 Å². The monoisotopic (exact) mass is 327 g/mol. The molecule has 3 heterocycles. The first-order valence-electron chi connectivity index (χ1n) is 8.12. The number of aryl methyl sites for hydroxylation is 1. The molecule has 1 aliphatic heterocycles. The van der Waals surface area contributed by atoms with E-state index in [0.717, 1.165) is 17.2 Å². The zero-order chi connectivity index (χ0) is 16.9. The summed E-state index contributed by atoms with van der Waals surface area (Å²) in [4.78, 5) is 30.3. The Morgan fingerprint density at radius 3 is 2.96 bits per heavy atom. The fraction of sp³-hybridized carbons (Fsp3) is 0.389. The highest BCUT2D eigenvalue weighted by atomic mass is 16.3. The van der Waals surface area contributed by atoms with E-state index >= 15 is 0 Å². The molecule has 0 aromatic carbocycles. The van der Waals surface area contributed by atoms with Crippen LogP contribution < -0.4 is 5.32 Å². The van der Waals surface area contributed by atoms with E-state index in [1.54, 1.807) is 11.1 Å². The van der Waals surface area contributed by atoms with Crippen molar-refractivity contribution in [2.45, 2.75) is 26.3 Å². The standard InChI is InChI=1S/C18H21N3O3/c1-13-5-6-16(24-13)7-9-20-18(23)14-10-17(22)21(11-14)12-15-4-2-3-8-19-15/h2-6,8,14H,7,9-12H2,1H3,(H,20,23)/t14-/m1/s1. The van der Waals surface area contributed by atoms with Crippen molar-refractivity contribution in [1.29, 1.82) is 0 Å². The lowest BCUT2D eigenvalue weighted by atomic mass is 10.1. The molecule has 24 heavy (non-hydrogen) atoms. The Morgan fingerprint density at radius 1 is 1.38 bits per heavy atom. The van der Waals surface area contributed by atoms with E-state index in [4.69, 9.17) is 4.42 Å². The summed E-state index contributed by atoms with van der Waals surface area (Å²) in [5.41, 5.74) is 0.833. The SMILES string of the molecule is Cc1ccc(CCNC(=O)[C@@H]2CC(=O)N(Cc3ccccn3)C2)o1. The second-order valence-electron chi connectivity index (χ2n) is 6.05. The molecule has 1 atom stereocenters. The number of hydrogen-bond donors (Lipinski definition) is 1. The van der Waals surface area contributed by atoms with Gasteiger partial charge in [0, 0.05) is 32.1 Å². The van der Waals surface area contributed by atoms with Crippen LogP contribution in [0.25, 0.3) is 0 Å². The smallest absolute Gasteiger partial charge is 0.225 e. The molecule has 6 nitrogen and oxygen atoms in total. The van der Waals surface area contributed by atoms with Crippen LogP contribution in [-0.4, -0.2) is 34.8 Å². The van der Waals surface area contributed by atoms with Crippen molar-refractivity contribution in [2.24, 2.45) is 5.92 Å². The number of pyridine rings is 1. The largest absolute Gasteiger partial charge is 0.466 e. The second kappa shape index (κ2) is 7.29. The molecule has 1 fully saturated rings. The molecule has 126 valence electrons. The second-order valence-corrected chi connectivity index (χ2v) is 6.05. The topological polar surface area (TPSA) is 75.4 Å². The van der Waals surface area contributed by atoms with Crippen LogP contribution in [0.3, 0.4) is 0 Å². The first-order chi connectivity index (χ1) is 11.6. The number of furan rings is 1. The Bertz CT molecular complexity index is 711. The molecule has 6 heteroatoms. The van der Waals surface area contributed by atoms with Crippen molar-refractivity contribution in [3.63, 3.8) is 0 Å². The number of carbonyl (C=O) groups excluding carboxylic acids is 2. The van der Waals surface area contributed by atoms with Crippen LogP contribution in [-0.2, 0) is 22.6 Å². The molecule has 0 bridgehead atoms. The van der Waals surface area contributed by atoms with E-state index in [9.17, 15) is 9.59 Å². The maximum absolute atomic E-state index is 12.2. The molecule has 0 saturated carbocycles. The van der Waals surface area contributed by atoms with Gasteiger partial charge in [-0.2, -0.15) is 0 Å². The Morgan fingerprint density at radius 2 is 2.25 bits per heavy atom. The molecule has 2 amide bonds. The number of aromatic nitrogens is 1. The number of amides is 2. The Hall–Kier alpha value is -2.63. The van der Waals surface area contributed by atoms with Gasteiger partial charge in [0.2, 0.25) is 11.8 Å². The zero-order valence-electron chi connectivity index (χ0n) is 13.7. The van der Waals surface area contributed by atoms with Crippen molar-refractivity contribution in [3.8, 4) is 0 Å². The normalized spacial score (nSPS) is 17.3. The lowest BCUT2D eigenvalue weighted by Crippen LogP contribution is -2.34. The van der Waals surface area contributed by atoms with Crippen molar-refractivity contribution in [2.75, 3.05) is 13.1 Å². The molecule has 2 aromatic rings. The van der Waals surface area contributed by atoms with Gasteiger partial charge in [0.15, 0.2) is 0 Å². The third-order valence-electron chi connectivity index (χ3n) is 4.13. The minimum atomic E-state index is -0.292. The average Bonchev–Trinajstić information content (AvgIpc) is 3.15. The number of rotatable bonds is 6. The van der Waals surface area contributed by atoms with Crippen LogP contribution >= 0.6 is 0 Å². The van der Waals surface area contributed by atoms with Crippen LogP contribution in [0.15, 0.2) is 40.9 Å². The summed E-state index contributed by atoms with van der Waals surface area (Å²) in [5, 5.41) is 2.89. The summed E-state index contributed by atoms with van der Waals surface area (Å²) in [5.74, 6) is 1.35. The molecular formula is C18H21N3O3. The number of carbonyl (C=O) groups is 2. The van der Waals surface area contributed by atoms with Crippen molar-refractivity contribution in [1.82, 2.24) is 15.2 Å². The summed E-state index contributed by atoms with van der Waals surface area (Å²) in [6.45, 7) is 3.30. The van der Waals surface area contributed by atoms with Crippen LogP contribution in [0.5, 0.6) is 0 Å². The molecule has 0 aliphatic carbocycles. The van der Waals surface area contributed by atoms with Gasteiger partial charge in [-0.15, -0.1) is 0 Å². The van der Waals surface area contributed by atoms with E-state index in [1.807, 2.05) is 37.3 Å². The summed E-state index contributed by atoms with van der Waals surface area (Å²) >= 11 is 0. The fourth-order valence-electron chi connectivity index (χ4n) is 2.86. The lowest BCUT2D eigenvalue weighted by molar-refractivity contribution is -0.129. The van der Waals surface area contributed by atoms with Crippen LogP contribution in [0, 0.1) is 12.8 Å². The molecule has 0 spiro atoms. The number of likely N-dealkylation sites (tertiary alicyclic amines) is 1. The third kappa shape index (κ3) is 4.01. The highest BCUT2D eigenvalue weighted by Crippen LogP contribution is 2.19. The molecule has 1 saturated heterocycles. The van der Waals surface area contributed by atoms with Crippen molar-refractivity contribution in [3.05, 3.63) is 53.7 Å². The van der Waals surface area contributed by atoms with Gasteiger partial charge in [-0.05, 0) is 31.2 Å². The molecule has 2 aromatic heterocycles. The van der Waals surface area contributed by atoms with Gasteiger partial charge in [0.25, 0.3) is 0 Å². The van der Waals surface area contributed by atoms with E-state index in [1.165, 1.54) is 0 Å². The van der Waals surface area contributed by atoms with E-state index < -0.39 is 0 Å². The summed E-state index contributed by atoms with van der Waals surface area (Å²) < 4.78 is 5.47. The molecule has 0 radical (unpaired) electrons. The van der Waals surface area contributed by atoms with Crippen molar-refractivity contribution < 1.29 is 14.0 Å². The number of nitrogens with one attached hydrogen (secondary N) is 1. The molecule has 3 rings (SSSR count). The van der Waals surface area contributed by atoms with Gasteiger partial charge >= 0.3 is 0 Å². The number of nitrogens with zero attached hydrogens (tertiary/aromatic N) is 2. The van der Waals surface area contributed by atoms with Crippen molar-refractivity contribution >= 4 is 11.8 Å². The molecule has 1 aliphatic rings. The Labute approximate surface area is 140 Å².